The molecule has 3 aromatic rings. The molecule has 0 unspecified atom stereocenters. The maximum absolute atomic E-state index is 13.1. The van der Waals surface area contributed by atoms with Gasteiger partial charge >= 0.3 is 0 Å². The van der Waals surface area contributed by atoms with Gasteiger partial charge in [-0.1, -0.05) is 29.5 Å². The number of hydrogen-bond donors (Lipinski definition) is 0. The number of piperidine rings is 1. The standard InChI is InChI=1S/C23H26N4OS/c1-26(12-10-17-6-4-5-11-24-17)22(28)18-14-16-9-13-27(15-19(16)18)23-25-20-7-2-3-8-21(20)29-23/h2-8,11,16,18-19H,9-10,12-15H2,1H3/t16-,18-,19-/m1/s1. The minimum atomic E-state index is 0.158. The molecule has 2 aromatic heterocycles. The Kier molecular flexibility index (Phi) is 4.96. The number of rotatable bonds is 5. The van der Waals surface area contributed by atoms with Crippen LogP contribution in [0.3, 0.4) is 0 Å². The Balaban J connectivity index is 1.22. The molecule has 29 heavy (non-hydrogen) atoms. The lowest BCUT2D eigenvalue weighted by Gasteiger charge is -2.51. The average molecular weight is 407 g/mol. The summed E-state index contributed by atoms with van der Waals surface area (Å²) in [7, 11) is 1.94. The van der Waals surface area contributed by atoms with E-state index in [-0.39, 0.29) is 5.92 Å². The van der Waals surface area contributed by atoms with E-state index < -0.39 is 0 Å². The second kappa shape index (κ2) is 7.75. The van der Waals surface area contributed by atoms with E-state index in [0.29, 0.717) is 17.7 Å². The second-order valence-corrected chi connectivity index (χ2v) is 9.30. The minimum absolute atomic E-state index is 0.158. The molecular formula is C23H26N4OS. The van der Waals surface area contributed by atoms with Gasteiger partial charge in [0, 0.05) is 50.9 Å². The summed E-state index contributed by atoms with van der Waals surface area (Å²) >= 11 is 1.77. The van der Waals surface area contributed by atoms with E-state index in [0.717, 1.165) is 48.8 Å². The van der Waals surface area contributed by atoms with Gasteiger partial charge in [0.05, 0.1) is 10.2 Å². The summed E-state index contributed by atoms with van der Waals surface area (Å²) in [5.41, 5.74) is 2.11. The number of para-hydroxylation sites is 1. The van der Waals surface area contributed by atoms with Gasteiger partial charge in [0.15, 0.2) is 5.13 Å². The molecule has 1 saturated carbocycles. The number of carbonyl (C=O) groups is 1. The van der Waals surface area contributed by atoms with Gasteiger partial charge in [0.1, 0.15) is 0 Å². The summed E-state index contributed by atoms with van der Waals surface area (Å²) in [5, 5.41) is 1.10. The number of nitrogens with zero attached hydrogens (tertiary/aromatic N) is 4. The van der Waals surface area contributed by atoms with E-state index in [1.165, 1.54) is 11.1 Å². The number of carbonyl (C=O) groups excluding carboxylic acids is 1. The minimum Gasteiger partial charge on any atom is -0.348 e. The molecule has 0 bridgehead atoms. The third-order valence-corrected chi connectivity index (χ3v) is 7.65. The molecule has 0 N–H and O–H groups in total. The number of likely N-dealkylation sites (N-methyl/N-ethyl adjacent to an activating group) is 1. The van der Waals surface area contributed by atoms with Crippen molar-refractivity contribution in [3.05, 3.63) is 54.4 Å². The molecule has 6 heteroatoms. The molecule has 5 nitrogen and oxygen atoms in total. The Bertz CT molecular complexity index is 971. The third kappa shape index (κ3) is 3.62. The van der Waals surface area contributed by atoms with E-state index in [1.807, 2.05) is 42.4 Å². The van der Waals surface area contributed by atoms with Crippen molar-refractivity contribution in [2.24, 2.45) is 17.8 Å². The van der Waals surface area contributed by atoms with Crippen LogP contribution in [0.1, 0.15) is 18.5 Å². The topological polar surface area (TPSA) is 49.3 Å². The second-order valence-electron chi connectivity index (χ2n) is 8.30. The molecule has 1 aliphatic heterocycles. The molecule has 2 fully saturated rings. The average Bonchev–Trinajstić information content (AvgIpc) is 3.17. The van der Waals surface area contributed by atoms with Gasteiger partial charge in [-0.2, -0.15) is 0 Å². The Morgan fingerprint density at radius 2 is 2.10 bits per heavy atom. The first-order chi connectivity index (χ1) is 14.2. The van der Waals surface area contributed by atoms with Crippen molar-refractivity contribution in [2.45, 2.75) is 19.3 Å². The van der Waals surface area contributed by atoms with Gasteiger partial charge in [-0.3, -0.25) is 9.78 Å². The lowest BCUT2D eigenvalue weighted by Crippen LogP contribution is -2.55. The number of hydrogen-bond acceptors (Lipinski definition) is 5. The predicted molar refractivity (Wildman–Crippen MR) is 117 cm³/mol. The molecule has 3 heterocycles. The van der Waals surface area contributed by atoms with E-state index in [1.54, 1.807) is 11.3 Å². The van der Waals surface area contributed by atoms with Crippen molar-refractivity contribution >= 4 is 32.6 Å². The van der Waals surface area contributed by atoms with Crippen LogP contribution in [0.4, 0.5) is 5.13 Å². The molecule has 150 valence electrons. The van der Waals surface area contributed by atoms with Crippen molar-refractivity contribution in [1.29, 1.82) is 0 Å². The Morgan fingerprint density at radius 3 is 2.93 bits per heavy atom. The monoisotopic (exact) mass is 406 g/mol. The van der Waals surface area contributed by atoms with Gasteiger partial charge in [0.2, 0.25) is 5.91 Å². The van der Waals surface area contributed by atoms with Gasteiger partial charge < -0.3 is 9.80 Å². The van der Waals surface area contributed by atoms with Crippen molar-refractivity contribution in [1.82, 2.24) is 14.9 Å². The highest BCUT2D eigenvalue weighted by Gasteiger charge is 2.48. The smallest absolute Gasteiger partial charge is 0.225 e. The van der Waals surface area contributed by atoms with E-state index in [2.05, 4.69) is 28.1 Å². The van der Waals surface area contributed by atoms with E-state index in [4.69, 9.17) is 4.98 Å². The normalized spacial score (nSPS) is 23.5. The van der Waals surface area contributed by atoms with Crippen LogP contribution in [0, 0.1) is 17.8 Å². The SMILES string of the molecule is CN(CCc1ccccn1)C(=O)[C@@H]1C[C@H]2CCN(c3nc4ccccc4s3)C[C@H]21. The van der Waals surface area contributed by atoms with Crippen LogP contribution in [0.2, 0.25) is 0 Å². The van der Waals surface area contributed by atoms with Crippen LogP contribution < -0.4 is 4.90 Å². The van der Waals surface area contributed by atoms with Crippen LogP contribution >= 0.6 is 11.3 Å². The van der Waals surface area contributed by atoms with Gasteiger partial charge in [-0.15, -0.1) is 0 Å². The largest absolute Gasteiger partial charge is 0.348 e. The zero-order chi connectivity index (χ0) is 19.8. The van der Waals surface area contributed by atoms with Crippen LogP contribution in [0.15, 0.2) is 48.7 Å². The number of aromatic nitrogens is 2. The summed E-state index contributed by atoms with van der Waals surface area (Å²) in [4.78, 5) is 26.6. The molecular weight excluding hydrogens is 380 g/mol. The first-order valence-electron chi connectivity index (χ1n) is 10.4. The maximum Gasteiger partial charge on any atom is 0.225 e. The Labute approximate surface area is 175 Å². The summed E-state index contributed by atoms with van der Waals surface area (Å²) in [6.07, 6.45) is 4.83. The zero-order valence-electron chi connectivity index (χ0n) is 16.7. The molecule has 0 radical (unpaired) electrons. The van der Waals surface area contributed by atoms with Gasteiger partial charge in [0.25, 0.3) is 0 Å². The number of amides is 1. The number of thiazole rings is 1. The van der Waals surface area contributed by atoms with Gasteiger partial charge in [-0.05, 0) is 48.9 Å². The maximum atomic E-state index is 13.1. The Hall–Kier alpha value is -2.47. The fourth-order valence-corrected chi connectivity index (χ4v) is 5.76. The fourth-order valence-electron chi connectivity index (χ4n) is 4.76. The predicted octanol–water partition coefficient (Wildman–Crippen LogP) is 3.85. The van der Waals surface area contributed by atoms with E-state index >= 15 is 0 Å². The quantitative estimate of drug-likeness (QED) is 0.646. The molecule has 1 aromatic carbocycles. The van der Waals surface area contributed by atoms with Crippen molar-refractivity contribution in [3.63, 3.8) is 0 Å². The van der Waals surface area contributed by atoms with Crippen LogP contribution in [0.25, 0.3) is 10.2 Å². The van der Waals surface area contributed by atoms with Crippen LogP contribution in [-0.2, 0) is 11.2 Å². The summed E-state index contributed by atoms with van der Waals surface area (Å²) < 4.78 is 1.24. The number of anilines is 1. The lowest BCUT2D eigenvalue weighted by molar-refractivity contribution is -0.143. The molecule has 3 atom stereocenters. The number of pyridine rings is 1. The first-order valence-corrected chi connectivity index (χ1v) is 11.3. The van der Waals surface area contributed by atoms with Crippen LogP contribution in [0.5, 0.6) is 0 Å². The fraction of sp³-hybridized carbons (Fsp3) is 0.435. The van der Waals surface area contributed by atoms with Crippen molar-refractivity contribution in [2.75, 3.05) is 31.6 Å². The molecule has 5 rings (SSSR count). The van der Waals surface area contributed by atoms with Gasteiger partial charge in [-0.25, -0.2) is 4.98 Å². The Morgan fingerprint density at radius 1 is 1.24 bits per heavy atom. The summed E-state index contributed by atoms with van der Waals surface area (Å²) in [6.45, 7) is 2.73. The summed E-state index contributed by atoms with van der Waals surface area (Å²) in [5.74, 6) is 1.61. The highest BCUT2D eigenvalue weighted by Crippen LogP contribution is 2.47. The third-order valence-electron chi connectivity index (χ3n) is 6.56. The van der Waals surface area contributed by atoms with Crippen molar-refractivity contribution in [3.8, 4) is 0 Å². The molecule has 0 spiro atoms. The number of fused-ring (bicyclic) bond motifs is 2. The molecule has 2 aliphatic rings. The lowest BCUT2D eigenvalue weighted by atomic mass is 9.61. The van der Waals surface area contributed by atoms with Crippen molar-refractivity contribution < 1.29 is 4.79 Å². The number of benzene rings is 1. The first kappa shape index (κ1) is 18.6. The molecule has 1 amide bonds. The van der Waals surface area contributed by atoms with Crippen LogP contribution in [-0.4, -0.2) is 47.5 Å². The van der Waals surface area contributed by atoms with E-state index in [9.17, 15) is 4.79 Å². The molecule has 1 saturated heterocycles. The molecule has 1 aliphatic carbocycles. The highest BCUT2D eigenvalue weighted by atomic mass is 32.1. The highest BCUT2D eigenvalue weighted by molar-refractivity contribution is 7.22. The zero-order valence-corrected chi connectivity index (χ0v) is 17.5. The summed E-state index contributed by atoms with van der Waals surface area (Å²) in [6, 6.07) is 14.3.